The van der Waals surface area contributed by atoms with Crippen LogP contribution in [0.25, 0.3) is 15.9 Å². The van der Waals surface area contributed by atoms with Crippen molar-refractivity contribution in [2.24, 2.45) is 17.6 Å². The number of anilines is 1. The summed E-state index contributed by atoms with van der Waals surface area (Å²) in [6.45, 7) is 9.76. The molecule has 3 atom stereocenters. The minimum atomic E-state index is 0.320. The average Bonchev–Trinajstić information content (AvgIpc) is 3.37. The van der Waals surface area contributed by atoms with Crippen LogP contribution in [0.2, 0.25) is 0 Å². The highest BCUT2D eigenvalue weighted by Crippen LogP contribution is 2.39. The molecule has 0 bridgehead atoms. The van der Waals surface area contributed by atoms with E-state index >= 15 is 0 Å². The standard InChI is InChI=1S/C21H22N6/c1-23-15-7-8-16(24-10-15)12-27-20-5-3-2-4-19(20)25-21(27)26-11-14-6-9-18(22)17(14)13-26/h2-5,7-8,10,14,17-18H,6,9,11-13,22H2/t14-,17+,18+/m0/s1. The highest BCUT2D eigenvalue weighted by atomic mass is 15.3. The second-order valence-corrected chi connectivity index (χ2v) is 7.68. The molecule has 3 heterocycles. The molecule has 0 amide bonds. The Bertz CT molecular complexity index is 1020. The third-order valence-electron chi connectivity index (χ3n) is 6.09. The number of nitrogens with two attached hydrogens (primary N) is 1. The van der Waals surface area contributed by atoms with Crippen LogP contribution in [0.15, 0.2) is 42.6 Å². The molecule has 6 heteroatoms. The van der Waals surface area contributed by atoms with Gasteiger partial charge < -0.3 is 15.2 Å². The Morgan fingerprint density at radius 1 is 1.15 bits per heavy atom. The van der Waals surface area contributed by atoms with Crippen LogP contribution in [-0.4, -0.2) is 33.7 Å². The van der Waals surface area contributed by atoms with Crippen LogP contribution < -0.4 is 10.6 Å². The molecule has 0 radical (unpaired) electrons. The minimum absolute atomic E-state index is 0.320. The second kappa shape index (κ2) is 6.36. The van der Waals surface area contributed by atoms with Gasteiger partial charge in [0, 0.05) is 25.3 Å². The Labute approximate surface area is 158 Å². The molecule has 1 saturated heterocycles. The molecular formula is C21H22N6. The number of imidazole rings is 1. The van der Waals surface area contributed by atoms with Gasteiger partial charge in [0.05, 0.1) is 29.8 Å². The molecule has 1 aliphatic carbocycles. The molecule has 1 saturated carbocycles. The molecular weight excluding hydrogens is 336 g/mol. The number of pyridine rings is 1. The number of para-hydroxylation sites is 2. The molecule has 5 rings (SSSR count). The van der Waals surface area contributed by atoms with Gasteiger partial charge in [0.15, 0.2) is 0 Å². The first kappa shape index (κ1) is 16.3. The zero-order valence-electron chi connectivity index (χ0n) is 15.1. The van der Waals surface area contributed by atoms with Crippen LogP contribution in [0.5, 0.6) is 0 Å². The summed E-state index contributed by atoms with van der Waals surface area (Å²) in [4.78, 5) is 15.2. The molecule has 1 aromatic carbocycles. The van der Waals surface area contributed by atoms with Crippen LogP contribution in [-0.2, 0) is 6.54 Å². The van der Waals surface area contributed by atoms with E-state index in [4.69, 9.17) is 17.3 Å². The second-order valence-electron chi connectivity index (χ2n) is 7.68. The smallest absolute Gasteiger partial charge is 0.206 e. The van der Waals surface area contributed by atoms with Crippen molar-refractivity contribution in [2.45, 2.75) is 25.4 Å². The SMILES string of the molecule is [C-]#[N+]c1ccc(Cn2c(N3C[C@@H]4CC[C@@H](N)[C@@H]4C3)nc3ccccc32)nc1. The monoisotopic (exact) mass is 358 g/mol. The van der Waals surface area contributed by atoms with Crippen molar-refractivity contribution < 1.29 is 0 Å². The maximum absolute atomic E-state index is 7.10. The maximum Gasteiger partial charge on any atom is 0.206 e. The van der Waals surface area contributed by atoms with Gasteiger partial charge in [-0.1, -0.05) is 18.2 Å². The summed E-state index contributed by atoms with van der Waals surface area (Å²) in [7, 11) is 0. The van der Waals surface area contributed by atoms with Gasteiger partial charge in [0.25, 0.3) is 0 Å². The van der Waals surface area contributed by atoms with Crippen molar-refractivity contribution in [3.8, 4) is 0 Å². The van der Waals surface area contributed by atoms with Crippen molar-refractivity contribution in [1.82, 2.24) is 14.5 Å². The minimum Gasteiger partial charge on any atom is -0.342 e. The lowest BCUT2D eigenvalue weighted by atomic mass is 9.98. The van der Waals surface area contributed by atoms with Crippen LogP contribution >= 0.6 is 0 Å². The summed E-state index contributed by atoms with van der Waals surface area (Å²) < 4.78 is 2.25. The van der Waals surface area contributed by atoms with E-state index in [1.807, 2.05) is 18.2 Å². The molecule has 3 aromatic rings. The molecule has 2 aromatic heterocycles. The molecule has 27 heavy (non-hydrogen) atoms. The number of nitrogens with zero attached hydrogens (tertiary/aromatic N) is 5. The molecule has 0 spiro atoms. The van der Waals surface area contributed by atoms with Crippen molar-refractivity contribution in [1.29, 1.82) is 0 Å². The number of hydrogen-bond acceptors (Lipinski definition) is 4. The van der Waals surface area contributed by atoms with E-state index in [1.165, 1.54) is 6.42 Å². The molecule has 1 aliphatic heterocycles. The predicted octanol–water partition coefficient (Wildman–Crippen LogP) is 3.20. The van der Waals surface area contributed by atoms with Gasteiger partial charge in [-0.05, 0) is 42.9 Å². The molecule has 2 fully saturated rings. The number of rotatable bonds is 3. The van der Waals surface area contributed by atoms with E-state index in [0.29, 0.717) is 30.1 Å². The van der Waals surface area contributed by atoms with Crippen LogP contribution in [0.3, 0.4) is 0 Å². The van der Waals surface area contributed by atoms with E-state index in [2.05, 4.69) is 37.5 Å². The van der Waals surface area contributed by atoms with Crippen LogP contribution in [0.1, 0.15) is 18.5 Å². The van der Waals surface area contributed by atoms with Crippen molar-refractivity contribution in [2.75, 3.05) is 18.0 Å². The first-order chi connectivity index (χ1) is 13.2. The maximum atomic E-state index is 7.10. The van der Waals surface area contributed by atoms with Gasteiger partial charge in [-0.15, -0.1) is 0 Å². The van der Waals surface area contributed by atoms with E-state index < -0.39 is 0 Å². The summed E-state index contributed by atoms with van der Waals surface area (Å²) in [6.07, 6.45) is 4.01. The lowest BCUT2D eigenvalue weighted by Gasteiger charge is -2.21. The summed E-state index contributed by atoms with van der Waals surface area (Å²) in [6, 6.07) is 12.3. The number of benzene rings is 1. The van der Waals surface area contributed by atoms with E-state index in [1.54, 1.807) is 6.20 Å². The van der Waals surface area contributed by atoms with E-state index in [9.17, 15) is 0 Å². The van der Waals surface area contributed by atoms with Gasteiger partial charge in [0.1, 0.15) is 0 Å². The Balaban J connectivity index is 1.52. The molecule has 2 N–H and O–H groups in total. The predicted molar refractivity (Wildman–Crippen MR) is 106 cm³/mol. The Hall–Kier alpha value is -2.91. The van der Waals surface area contributed by atoms with Gasteiger partial charge in [-0.2, -0.15) is 0 Å². The van der Waals surface area contributed by atoms with Gasteiger partial charge >= 0.3 is 0 Å². The summed E-state index contributed by atoms with van der Waals surface area (Å²) in [5, 5.41) is 0. The Kier molecular flexibility index (Phi) is 3.83. The fourth-order valence-corrected chi connectivity index (χ4v) is 4.67. The summed E-state index contributed by atoms with van der Waals surface area (Å²) in [5.74, 6) is 2.27. The van der Waals surface area contributed by atoms with Gasteiger partial charge in [-0.3, -0.25) is 4.98 Å². The molecule has 6 nitrogen and oxygen atoms in total. The van der Waals surface area contributed by atoms with E-state index in [0.717, 1.165) is 42.2 Å². The Morgan fingerprint density at radius 3 is 2.81 bits per heavy atom. The number of fused-ring (bicyclic) bond motifs is 2. The topological polar surface area (TPSA) is 64.3 Å². The lowest BCUT2D eigenvalue weighted by Crippen LogP contribution is -2.31. The first-order valence-electron chi connectivity index (χ1n) is 9.51. The first-order valence-corrected chi connectivity index (χ1v) is 9.51. The average molecular weight is 358 g/mol. The fourth-order valence-electron chi connectivity index (χ4n) is 4.67. The van der Waals surface area contributed by atoms with Crippen molar-refractivity contribution >= 4 is 22.7 Å². The molecule has 136 valence electrons. The zero-order valence-corrected chi connectivity index (χ0v) is 15.1. The third-order valence-corrected chi connectivity index (χ3v) is 6.09. The summed E-state index contributed by atoms with van der Waals surface area (Å²) >= 11 is 0. The quantitative estimate of drug-likeness (QED) is 0.730. The molecule has 2 aliphatic rings. The zero-order chi connectivity index (χ0) is 18.4. The number of aromatic nitrogens is 3. The van der Waals surface area contributed by atoms with Crippen molar-refractivity contribution in [3.63, 3.8) is 0 Å². The lowest BCUT2D eigenvalue weighted by molar-refractivity contribution is 0.453. The van der Waals surface area contributed by atoms with Crippen LogP contribution in [0.4, 0.5) is 11.6 Å². The Morgan fingerprint density at radius 2 is 2.04 bits per heavy atom. The van der Waals surface area contributed by atoms with Gasteiger partial charge in [0.2, 0.25) is 11.6 Å². The highest BCUT2D eigenvalue weighted by Gasteiger charge is 2.42. The van der Waals surface area contributed by atoms with Gasteiger partial charge in [-0.25, -0.2) is 9.83 Å². The molecule has 0 unspecified atom stereocenters. The van der Waals surface area contributed by atoms with E-state index in [-0.39, 0.29) is 0 Å². The van der Waals surface area contributed by atoms with Crippen LogP contribution in [0, 0.1) is 18.4 Å². The largest absolute Gasteiger partial charge is 0.342 e. The third kappa shape index (κ3) is 2.75. The van der Waals surface area contributed by atoms with Crippen molar-refractivity contribution in [3.05, 3.63) is 59.7 Å². The normalized spacial score (nSPS) is 24.3. The fraction of sp³-hybridized carbons (Fsp3) is 0.381. The highest BCUT2D eigenvalue weighted by molar-refractivity contribution is 5.79. The number of hydrogen-bond donors (Lipinski definition) is 1. The summed E-state index contributed by atoms with van der Waals surface area (Å²) in [5.41, 5.74) is 9.96.